The van der Waals surface area contributed by atoms with Crippen LogP contribution in [0.5, 0.6) is 0 Å². The second-order valence-electron chi connectivity index (χ2n) is 6.35. The molecule has 0 radical (unpaired) electrons. The molecule has 1 atom stereocenters. The van der Waals surface area contributed by atoms with Gasteiger partial charge in [-0.15, -0.1) is 0 Å². The average Bonchev–Trinajstić information content (AvgIpc) is 2.45. The van der Waals surface area contributed by atoms with E-state index < -0.39 is 0 Å². The fraction of sp³-hybridized carbons (Fsp3) is 0.778. The fourth-order valence-corrected chi connectivity index (χ4v) is 1.99. The molecule has 0 aliphatic heterocycles. The number of hydrogen-bond acceptors (Lipinski definition) is 3. The van der Waals surface area contributed by atoms with Crippen LogP contribution in [-0.4, -0.2) is 33.6 Å². The van der Waals surface area contributed by atoms with Gasteiger partial charge in [0.25, 0.3) is 0 Å². The molecule has 131 valence electrons. The van der Waals surface area contributed by atoms with Gasteiger partial charge in [-0.25, -0.2) is 0 Å². The summed E-state index contributed by atoms with van der Waals surface area (Å²) < 4.78 is 1.55. The number of allylic oxidation sites excluding steroid dienone is 4. The van der Waals surface area contributed by atoms with Gasteiger partial charge >= 0.3 is 74.6 Å². The van der Waals surface area contributed by atoms with Crippen molar-refractivity contribution in [3.8, 4) is 0 Å². The van der Waals surface area contributed by atoms with Crippen molar-refractivity contribution in [2.24, 2.45) is 5.92 Å². The van der Waals surface area contributed by atoms with E-state index in [1.807, 2.05) is 0 Å². The molecule has 22 heavy (non-hydrogen) atoms. The molecule has 3 N–H and O–H groups in total. The van der Waals surface area contributed by atoms with Crippen LogP contribution in [0.15, 0.2) is 20.6 Å². The molecule has 0 saturated carbocycles. The molecule has 0 saturated heterocycles. The van der Waals surface area contributed by atoms with E-state index in [2.05, 4.69) is 48.1 Å². The average molecular weight is 349 g/mol. The number of hydrogen-bond donors (Lipinski definition) is 3. The number of aliphatic hydroxyl groups excluding tert-OH is 3. The van der Waals surface area contributed by atoms with Crippen molar-refractivity contribution in [1.29, 1.82) is 0 Å². The maximum atomic E-state index is 8.06. The van der Waals surface area contributed by atoms with Crippen molar-refractivity contribution in [2.45, 2.75) is 87.5 Å². The Morgan fingerprint density at radius 1 is 0.727 bits per heavy atom. The Morgan fingerprint density at radius 2 is 0.955 bits per heavy atom. The first-order valence-corrected chi connectivity index (χ1v) is 8.67. The van der Waals surface area contributed by atoms with Crippen molar-refractivity contribution in [1.82, 2.24) is 0 Å². The van der Waals surface area contributed by atoms with Crippen LogP contribution in [0.3, 0.4) is 0 Å². The van der Waals surface area contributed by atoms with Gasteiger partial charge in [0, 0.05) is 18.3 Å². The Morgan fingerprint density at radius 3 is 1.00 bits per heavy atom. The predicted molar refractivity (Wildman–Crippen MR) is 92.3 cm³/mol. The third kappa shape index (κ3) is 18.1. The van der Waals surface area contributed by atoms with E-state index in [-0.39, 0.29) is 18.3 Å². The van der Waals surface area contributed by atoms with Crippen LogP contribution in [0.1, 0.15) is 69.2 Å². The van der Waals surface area contributed by atoms with Gasteiger partial charge in [-0.05, 0) is 41.5 Å². The van der Waals surface area contributed by atoms with Gasteiger partial charge in [-0.3, -0.25) is 0 Å². The van der Waals surface area contributed by atoms with Gasteiger partial charge < -0.3 is 15.3 Å². The molecule has 0 spiro atoms. The minimum atomic E-state index is -0.167. The predicted octanol–water partition coefficient (Wildman–Crippen LogP) is 3.95. The van der Waals surface area contributed by atoms with Gasteiger partial charge in [-0.2, -0.15) is 0 Å². The summed E-state index contributed by atoms with van der Waals surface area (Å²) in [6.45, 7) is 19.3. The first-order valence-electron chi connectivity index (χ1n) is 7.89. The molecule has 3 nitrogen and oxygen atoms in total. The summed E-state index contributed by atoms with van der Waals surface area (Å²) >= 11 is 2.24. The zero-order valence-electron chi connectivity index (χ0n) is 16.2. The molecule has 0 amide bonds. The second-order valence-corrected chi connectivity index (χ2v) is 7.19. The number of rotatable bonds is 0. The minimum absolute atomic E-state index is 0.167. The summed E-state index contributed by atoms with van der Waals surface area (Å²) in [5, 5.41) is 24.2. The molecule has 0 fully saturated rings. The summed E-state index contributed by atoms with van der Waals surface area (Å²) in [6, 6.07) is 0. The van der Waals surface area contributed by atoms with Crippen molar-refractivity contribution in [3.63, 3.8) is 0 Å². The van der Waals surface area contributed by atoms with E-state index in [9.17, 15) is 0 Å². The van der Waals surface area contributed by atoms with Crippen molar-refractivity contribution in [2.75, 3.05) is 0 Å². The van der Waals surface area contributed by atoms with Crippen molar-refractivity contribution >= 4 is 0 Å². The molecule has 0 aromatic carbocycles. The first-order chi connectivity index (χ1) is 9.75. The standard InChI is InChI=1S/C9H13.3C3H8O.Ti/c1-6-5-7(2)9(4)8(6)3;3*1-3(2)4;/h6H,1-4H3;3*3-4H,1-2H3;. The molecule has 1 rings (SSSR count). The Hall–Kier alpha value is 0.0743. The zero-order chi connectivity index (χ0) is 18.6. The van der Waals surface area contributed by atoms with Crippen LogP contribution in [0.2, 0.25) is 0 Å². The topological polar surface area (TPSA) is 60.7 Å². The van der Waals surface area contributed by atoms with Gasteiger partial charge in [0.15, 0.2) is 0 Å². The molecule has 4 heteroatoms. The van der Waals surface area contributed by atoms with Crippen LogP contribution in [0.4, 0.5) is 0 Å². The summed E-state index contributed by atoms with van der Waals surface area (Å²) in [7, 11) is 0. The summed E-state index contributed by atoms with van der Waals surface area (Å²) in [4.78, 5) is 0. The van der Waals surface area contributed by atoms with Crippen LogP contribution in [-0.2, 0) is 20.4 Å². The molecule has 0 aromatic rings. The summed E-state index contributed by atoms with van der Waals surface area (Å²) in [6.07, 6.45) is -0.500. The molecule has 1 unspecified atom stereocenters. The van der Waals surface area contributed by atoms with E-state index in [1.54, 1.807) is 51.0 Å². The molecule has 0 aromatic heterocycles. The molecular formula is C18H37O3Ti. The molecule has 1 aliphatic rings. The SMILES string of the molecule is CC(C)O.CC(C)O.CC(C)O.CC1=C(C)C(C)[C]([Ti])=C1C. The Labute approximate surface area is 149 Å². The van der Waals surface area contributed by atoms with E-state index >= 15 is 0 Å². The van der Waals surface area contributed by atoms with E-state index in [0.717, 1.165) is 0 Å². The van der Waals surface area contributed by atoms with E-state index in [0.29, 0.717) is 5.92 Å². The Bertz CT molecular complexity index is 296. The van der Waals surface area contributed by atoms with Gasteiger partial charge in [-0.1, -0.05) is 0 Å². The molecule has 1 aliphatic carbocycles. The zero-order valence-corrected chi connectivity index (χ0v) is 17.7. The summed E-state index contributed by atoms with van der Waals surface area (Å²) in [5.74, 6) is 0.694. The monoisotopic (exact) mass is 349 g/mol. The maximum absolute atomic E-state index is 8.06. The van der Waals surface area contributed by atoms with Gasteiger partial charge in [0.05, 0.1) is 0 Å². The van der Waals surface area contributed by atoms with Crippen molar-refractivity contribution < 1.29 is 35.8 Å². The van der Waals surface area contributed by atoms with Crippen molar-refractivity contribution in [3.05, 3.63) is 20.6 Å². The third-order valence-electron chi connectivity index (χ3n) is 2.64. The quantitative estimate of drug-likeness (QED) is 0.580. The van der Waals surface area contributed by atoms with Gasteiger partial charge in [0.1, 0.15) is 0 Å². The van der Waals surface area contributed by atoms with Crippen LogP contribution < -0.4 is 0 Å². The van der Waals surface area contributed by atoms with E-state index in [4.69, 9.17) is 15.3 Å². The normalized spacial score (nSPS) is 17.0. The molecular weight excluding hydrogens is 312 g/mol. The Kier molecular flexibility index (Phi) is 17.9. The first kappa shape index (κ1) is 26.9. The van der Waals surface area contributed by atoms with Crippen LogP contribution in [0.25, 0.3) is 0 Å². The van der Waals surface area contributed by atoms with Crippen LogP contribution >= 0.6 is 0 Å². The number of aliphatic hydroxyl groups is 3. The van der Waals surface area contributed by atoms with E-state index in [1.165, 1.54) is 11.1 Å². The van der Waals surface area contributed by atoms with Gasteiger partial charge in [0.2, 0.25) is 0 Å². The van der Waals surface area contributed by atoms with Crippen LogP contribution in [0, 0.1) is 5.92 Å². The Balaban J connectivity index is -0.000000253. The second kappa shape index (κ2) is 14.7. The summed E-state index contributed by atoms with van der Waals surface area (Å²) in [5.41, 5.74) is 4.56. The molecule has 0 heterocycles. The third-order valence-corrected chi connectivity index (χ3v) is 3.90. The molecule has 0 bridgehead atoms. The fourth-order valence-electron chi connectivity index (χ4n) is 1.36.